The number of hydrogen-bond acceptors (Lipinski definition) is 5. The molecule has 2 aliphatic carbocycles. The van der Waals surface area contributed by atoms with Crippen LogP contribution < -0.4 is 5.32 Å². The number of carboxylic acid groups (broad SMARTS) is 1. The molecule has 2 N–H and O–H groups in total. The van der Waals surface area contributed by atoms with Crippen molar-refractivity contribution in [1.82, 2.24) is 10.2 Å². The van der Waals surface area contributed by atoms with Gasteiger partial charge in [0.25, 0.3) is 5.91 Å². The normalized spacial score (nSPS) is 23.9. The van der Waals surface area contributed by atoms with E-state index in [2.05, 4.69) is 17.4 Å². The van der Waals surface area contributed by atoms with Crippen LogP contribution >= 0.6 is 0 Å². The van der Waals surface area contributed by atoms with Gasteiger partial charge in [-0.05, 0) is 54.4 Å². The first-order valence-electron chi connectivity index (χ1n) is 12.0. The molecule has 8 nitrogen and oxygen atoms in total. The van der Waals surface area contributed by atoms with Crippen LogP contribution in [0.15, 0.2) is 48.5 Å². The van der Waals surface area contributed by atoms with Crippen molar-refractivity contribution >= 4 is 18.0 Å². The standard InChI is InChI=1S/C27H30N2O6/c1-26(16-34-2,23(30)29-13-7-8-17-14-27(17,29)24(31)32)28-25(33)35-15-22-20-11-5-3-9-18(20)19-10-4-6-12-21(19)22/h3-6,9-12,17,22H,7-8,13-16H2,1-2H3,(H,28,33)(H,31,32). The van der Waals surface area contributed by atoms with E-state index in [1.165, 1.54) is 12.0 Å². The van der Waals surface area contributed by atoms with E-state index in [1.807, 2.05) is 36.4 Å². The Morgan fingerprint density at radius 2 is 1.74 bits per heavy atom. The van der Waals surface area contributed by atoms with Gasteiger partial charge in [0.1, 0.15) is 17.7 Å². The largest absolute Gasteiger partial charge is 0.479 e. The van der Waals surface area contributed by atoms with Crippen molar-refractivity contribution < 1.29 is 29.0 Å². The Hall–Kier alpha value is -3.39. The number of piperidine rings is 1. The van der Waals surface area contributed by atoms with E-state index in [-0.39, 0.29) is 25.0 Å². The highest BCUT2D eigenvalue weighted by molar-refractivity contribution is 5.96. The first-order chi connectivity index (χ1) is 16.8. The molecule has 1 saturated heterocycles. The lowest BCUT2D eigenvalue weighted by Crippen LogP contribution is -2.65. The van der Waals surface area contributed by atoms with Crippen molar-refractivity contribution in [2.75, 3.05) is 26.9 Å². The molecule has 1 aliphatic heterocycles. The number of alkyl carbamates (subject to hydrolysis) is 1. The van der Waals surface area contributed by atoms with E-state index in [1.54, 1.807) is 6.92 Å². The Balaban J connectivity index is 1.31. The molecule has 3 unspecified atom stereocenters. The Morgan fingerprint density at radius 1 is 1.11 bits per heavy atom. The Kier molecular flexibility index (Phi) is 5.79. The fourth-order valence-corrected chi connectivity index (χ4v) is 5.94. The third-order valence-electron chi connectivity index (χ3n) is 7.73. The lowest BCUT2D eigenvalue weighted by molar-refractivity contribution is -0.158. The molecule has 2 amide bonds. The van der Waals surface area contributed by atoms with Crippen LogP contribution in [-0.4, -0.2) is 65.9 Å². The third kappa shape index (κ3) is 3.76. The summed E-state index contributed by atoms with van der Waals surface area (Å²) in [6, 6.07) is 16.1. The molecule has 1 heterocycles. The van der Waals surface area contributed by atoms with Crippen LogP contribution in [0.3, 0.4) is 0 Å². The maximum absolute atomic E-state index is 13.6. The average Bonchev–Trinajstić information content (AvgIpc) is 3.53. The lowest BCUT2D eigenvalue weighted by Gasteiger charge is -2.40. The Bertz CT molecular complexity index is 1140. The van der Waals surface area contributed by atoms with E-state index < -0.39 is 29.0 Å². The molecule has 2 aromatic rings. The predicted molar refractivity (Wildman–Crippen MR) is 128 cm³/mol. The molecule has 35 heavy (non-hydrogen) atoms. The van der Waals surface area contributed by atoms with Gasteiger partial charge in [0.05, 0.1) is 6.61 Å². The summed E-state index contributed by atoms with van der Waals surface area (Å²) < 4.78 is 10.9. The number of nitrogens with zero attached hydrogens (tertiary/aromatic N) is 1. The highest BCUT2D eigenvalue weighted by atomic mass is 16.5. The van der Waals surface area contributed by atoms with E-state index in [0.717, 1.165) is 35.1 Å². The summed E-state index contributed by atoms with van der Waals surface area (Å²) in [5, 5.41) is 12.6. The minimum Gasteiger partial charge on any atom is -0.479 e. The van der Waals surface area contributed by atoms with Gasteiger partial charge in [-0.2, -0.15) is 0 Å². The number of nitrogens with one attached hydrogen (secondary N) is 1. The molecule has 1 saturated carbocycles. The first kappa shape index (κ1) is 23.4. The summed E-state index contributed by atoms with van der Waals surface area (Å²) >= 11 is 0. The number of fused-ring (bicyclic) bond motifs is 4. The monoisotopic (exact) mass is 478 g/mol. The van der Waals surface area contributed by atoms with Crippen LogP contribution in [0.25, 0.3) is 11.1 Å². The van der Waals surface area contributed by atoms with Gasteiger partial charge in [-0.1, -0.05) is 48.5 Å². The highest BCUT2D eigenvalue weighted by Gasteiger charge is 2.68. The van der Waals surface area contributed by atoms with Gasteiger partial charge in [-0.15, -0.1) is 0 Å². The molecule has 8 heteroatoms. The number of carboxylic acids is 1. The summed E-state index contributed by atoms with van der Waals surface area (Å²) in [6.07, 6.45) is 1.23. The predicted octanol–water partition coefficient (Wildman–Crippen LogP) is 3.40. The molecule has 3 aliphatic rings. The number of carbonyl (C=O) groups excluding carboxylic acids is 2. The Morgan fingerprint density at radius 3 is 2.34 bits per heavy atom. The zero-order valence-corrected chi connectivity index (χ0v) is 20.0. The van der Waals surface area contributed by atoms with Crippen molar-refractivity contribution in [2.45, 2.75) is 43.2 Å². The highest BCUT2D eigenvalue weighted by Crippen LogP contribution is 2.54. The number of amides is 2. The second-order valence-corrected chi connectivity index (χ2v) is 9.95. The van der Waals surface area contributed by atoms with Gasteiger partial charge in [0, 0.05) is 19.6 Å². The second kappa shape index (κ2) is 8.68. The number of likely N-dealkylation sites (tertiary alicyclic amines) is 1. The number of ether oxygens (including phenoxy) is 2. The van der Waals surface area contributed by atoms with Crippen LogP contribution in [0.4, 0.5) is 4.79 Å². The van der Waals surface area contributed by atoms with Gasteiger partial charge in [-0.25, -0.2) is 9.59 Å². The number of rotatable bonds is 7. The minimum atomic E-state index is -1.45. The molecule has 0 radical (unpaired) electrons. The van der Waals surface area contributed by atoms with Crippen molar-refractivity contribution in [2.24, 2.45) is 5.92 Å². The molecule has 2 fully saturated rings. The molecule has 2 aromatic carbocycles. The molecule has 0 aromatic heterocycles. The van der Waals surface area contributed by atoms with E-state index >= 15 is 0 Å². The molecular formula is C27H30N2O6. The van der Waals surface area contributed by atoms with E-state index in [9.17, 15) is 19.5 Å². The molecule has 5 rings (SSSR count). The van der Waals surface area contributed by atoms with Crippen molar-refractivity contribution in [3.63, 3.8) is 0 Å². The van der Waals surface area contributed by atoms with E-state index in [4.69, 9.17) is 9.47 Å². The molecule has 0 spiro atoms. The summed E-state index contributed by atoms with van der Waals surface area (Å²) in [4.78, 5) is 40.0. The first-order valence-corrected chi connectivity index (χ1v) is 12.0. The lowest BCUT2D eigenvalue weighted by atomic mass is 9.95. The molecule has 3 atom stereocenters. The zero-order chi connectivity index (χ0) is 24.8. The van der Waals surface area contributed by atoms with Crippen LogP contribution in [0, 0.1) is 5.92 Å². The van der Waals surface area contributed by atoms with Gasteiger partial charge < -0.3 is 24.8 Å². The maximum atomic E-state index is 13.6. The van der Waals surface area contributed by atoms with Crippen molar-refractivity contribution in [3.05, 3.63) is 59.7 Å². The number of methoxy groups -OCH3 is 1. The topological polar surface area (TPSA) is 105 Å². The maximum Gasteiger partial charge on any atom is 0.408 e. The summed E-state index contributed by atoms with van der Waals surface area (Å²) in [7, 11) is 1.44. The summed E-state index contributed by atoms with van der Waals surface area (Å²) in [5.74, 6) is -1.60. The van der Waals surface area contributed by atoms with Crippen LogP contribution in [0.5, 0.6) is 0 Å². The quantitative estimate of drug-likeness (QED) is 0.632. The minimum absolute atomic E-state index is 0.0426. The number of benzene rings is 2. The second-order valence-electron chi connectivity index (χ2n) is 9.95. The van der Waals surface area contributed by atoms with Gasteiger partial charge in [-0.3, -0.25) is 4.79 Å². The third-order valence-corrected chi connectivity index (χ3v) is 7.73. The van der Waals surface area contributed by atoms with Crippen molar-refractivity contribution in [1.29, 1.82) is 0 Å². The fourth-order valence-electron chi connectivity index (χ4n) is 5.94. The summed E-state index contributed by atoms with van der Waals surface area (Å²) in [6.45, 7) is 1.91. The number of aliphatic carboxylic acids is 1. The van der Waals surface area contributed by atoms with Gasteiger partial charge in [0.2, 0.25) is 0 Å². The molecular weight excluding hydrogens is 448 g/mol. The molecule has 0 bridgehead atoms. The van der Waals surface area contributed by atoms with Crippen LogP contribution in [0.2, 0.25) is 0 Å². The molecule has 184 valence electrons. The van der Waals surface area contributed by atoms with Crippen LogP contribution in [-0.2, 0) is 19.1 Å². The van der Waals surface area contributed by atoms with Crippen molar-refractivity contribution in [3.8, 4) is 11.1 Å². The SMILES string of the molecule is COCC(C)(NC(=O)OCC1c2ccccc2-c2ccccc21)C(=O)N1CCCC2CC21C(=O)O. The number of carbonyl (C=O) groups is 3. The van der Waals surface area contributed by atoms with Gasteiger partial charge in [0.15, 0.2) is 0 Å². The van der Waals surface area contributed by atoms with E-state index in [0.29, 0.717) is 13.0 Å². The summed E-state index contributed by atoms with van der Waals surface area (Å²) in [5.41, 5.74) is 1.80. The van der Waals surface area contributed by atoms with Gasteiger partial charge >= 0.3 is 12.1 Å². The number of hydrogen-bond donors (Lipinski definition) is 2. The average molecular weight is 479 g/mol. The smallest absolute Gasteiger partial charge is 0.408 e. The fraction of sp³-hybridized carbons (Fsp3) is 0.444. The van der Waals surface area contributed by atoms with Crippen LogP contribution in [0.1, 0.15) is 43.2 Å². The zero-order valence-electron chi connectivity index (χ0n) is 20.0. The Labute approximate surface area is 204 Å².